The second-order valence-corrected chi connectivity index (χ2v) is 10.4. The molecule has 0 bridgehead atoms. The monoisotopic (exact) mass is 389 g/mol. The Kier molecular flexibility index (Phi) is 11.2. The molecule has 0 heterocycles. The molecule has 0 N–H and O–H groups in total. The molecule has 2 aliphatic rings. The van der Waals surface area contributed by atoms with Crippen molar-refractivity contribution < 1.29 is 0 Å². The molecule has 0 aromatic carbocycles. The van der Waals surface area contributed by atoms with E-state index in [1.165, 1.54) is 116 Å². The van der Waals surface area contributed by atoms with Crippen molar-refractivity contribution in [1.82, 2.24) is 0 Å². The molecule has 0 aliphatic heterocycles. The summed E-state index contributed by atoms with van der Waals surface area (Å²) in [5, 5.41) is 0. The lowest BCUT2D eigenvalue weighted by Gasteiger charge is -2.37. The van der Waals surface area contributed by atoms with Gasteiger partial charge in [-0.25, -0.2) is 0 Å². The minimum absolute atomic E-state index is 0.202. The summed E-state index contributed by atoms with van der Waals surface area (Å²) in [4.78, 5) is 5.66. The normalized spacial score (nSPS) is 25.2. The van der Waals surface area contributed by atoms with E-state index in [9.17, 15) is 0 Å². The third-order valence-corrected chi connectivity index (χ3v) is 7.73. The molecule has 164 valence electrons. The van der Waals surface area contributed by atoms with Crippen LogP contribution in [0.2, 0.25) is 0 Å². The number of aliphatic imine (C=N–C) groups is 1. The van der Waals surface area contributed by atoms with Crippen molar-refractivity contribution in [2.24, 2.45) is 22.7 Å². The lowest BCUT2D eigenvalue weighted by molar-refractivity contribution is 0.286. The molecule has 2 aliphatic carbocycles. The Hall–Kier alpha value is -0.330. The third kappa shape index (κ3) is 7.83. The summed E-state index contributed by atoms with van der Waals surface area (Å²) in [5.41, 5.74) is 1.89. The van der Waals surface area contributed by atoms with Crippen LogP contribution in [-0.4, -0.2) is 11.3 Å². The molecule has 0 saturated heterocycles. The molecular formula is C27H51N. The highest BCUT2D eigenvalue weighted by Crippen LogP contribution is 2.39. The number of unbranched alkanes of at least 4 members (excludes halogenated alkanes) is 3. The fraction of sp³-hybridized carbons (Fsp3) is 0.963. The van der Waals surface area contributed by atoms with Crippen molar-refractivity contribution in [3.63, 3.8) is 0 Å². The summed E-state index contributed by atoms with van der Waals surface area (Å²) in [7, 11) is 0. The molecule has 0 amide bonds. The van der Waals surface area contributed by atoms with Gasteiger partial charge in [0.1, 0.15) is 0 Å². The second kappa shape index (κ2) is 13.1. The van der Waals surface area contributed by atoms with Gasteiger partial charge in [-0.15, -0.1) is 0 Å². The minimum atomic E-state index is 0.202. The first-order chi connectivity index (χ1) is 13.6. The van der Waals surface area contributed by atoms with Crippen LogP contribution in [0.15, 0.2) is 4.99 Å². The summed E-state index contributed by atoms with van der Waals surface area (Å²) in [5.74, 6) is 2.63. The summed E-state index contributed by atoms with van der Waals surface area (Å²) in [6.07, 6.45) is 25.3. The van der Waals surface area contributed by atoms with Crippen LogP contribution < -0.4 is 0 Å². The average Bonchev–Trinajstić information content (AvgIpc) is 2.71. The van der Waals surface area contributed by atoms with E-state index in [1.54, 1.807) is 5.71 Å². The molecule has 0 atom stereocenters. The van der Waals surface area contributed by atoms with Crippen molar-refractivity contribution in [2.45, 2.75) is 149 Å². The van der Waals surface area contributed by atoms with Gasteiger partial charge in [-0.1, -0.05) is 85.0 Å². The van der Waals surface area contributed by atoms with Gasteiger partial charge < -0.3 is 0 Å². The van der Waals surface area contributed by atoms with Crippen LogP contribution >= 0.6 is 0 Å². The predicted octanol–water partition coefficient (Wildman–Crippen LogP) is 9.14. The van der Waals surface area contributed by atoms with E-state index >= 15 is 0 Å². The van der Waals surface area contributed by atoms with E-state index in [2.05, 4.69) is 27.7 Å². The van der Waals surface area contributed by atoms with E-state index in [0.717, 1.165) is 17.8 Å². The van der Waals surface area contributed by atoms with Crippen molar-refractivity contribution in [1.29, 1.82) is 0 Å². The van der Waals surface area contributed by atoms with Gasteiger partial charge >= 0.3 is 0 Å². The van der Waals surface area contributed by atoms with E-state index in [0.29, 0.717) is 0 Å². The molecule has 0 aromatic heterocycles. The third-order valence-electron chi connectivity index (χ3n) is 7.73. The zero-order valence-electron chi connectivity index (χ0n) is 19.9. The largest absolute Gasteiger partial charge is 0.287 e. The first-order valence-electron chi connectivity index (χ1n) is 13.2. The molecular weight excluding hydrogens is 338 g/mol. The van der Waals surface area contributed by atoms with Crippen molar-refractivity contribution in [2.75, 3.05) is 0 Å². The summed E-state index contributed by atoms with van der Waals surface area (Å²) in [6.45, 7) is 9.46. The Morgan fingerprint density at radius 2 is 1.32 bits per heavy atom. The van der Waals surface area contributed by atoms with Gasteiger partial charge in [-0.05, 0) is 76.0 Å². The quantitative estimate of drug-likeness (QED) is 0.233. The Morgan fingerprint density at radius 3 is 1.89 bits per heavy atom. The highest BCUT2D eigenvalue weighted by Gasteiger charge is 2.32. The van der Waals surface area contributed by atoms with Crippen LogP contribution in [-0.2, 0) is 0 Å². The molecule has 0 aromatic rings. The molecule has 1 nitrogen and oxygen atoms in total. The summed E-state index contributed by atoms with van der Waals surface area (Å²) >= 11 is 0. The number of hydrogen-bond acceptors (Lipinski definition) is 1. The van der Waals surface area contributed by atoms with Gasteiger partial charge in [0.2, 0.25) is 0 Å². The van der Waals surface area contributed by atoms with Crippen LogP contribution in [0.4, 0.5) is 0 Å². The highest BCUT2D eigenvalue weighted by molar-refractivity contribution is 5.89. The molecule has 1 heteroatoms. The van der Waals surface area contributed by atoms with Crippen molar-refractivity contribution in [3.8, 4) is 0 Å². The lowest BCUT2D eigenvalue weighted by atomic mass is 9.72. The zero-order chi connectivity index (χ0) is 20.2. The smallest absolute Gasteiger partial charge is 0.0579 e. The first kappa shape index (κ1) is 23.9. The van der Waals surface area contributed by atoms with Gasteiger partial charge in [0.15, 0.2) is 0 Å². The summed E-state index contributed by atoms with van der Waals surface area (Å²) < 4.78 is 0. The fourth-order valence-corrected chi connectivity index (χ4v) is 6.15. The standard InChI is InChI=1S/C27H51N/c1-5-8-9-11-14-23-17-19-25(20-18-23)26(24-15-12-10-13-16-24)28-27(4,21-6-2)22-7-3/h23-25H,5-22H2,1-4H3. The van der Waals surface area contributed by atoms with E-state index < -0.39 is 0 Å². The maximum Gasteiger partial charge on any atom is 0.0579 e. The second-order valence-electron chi connectivity index (χ2n) is 10.4. The maximum absolute atomic E-state index is 5.66. The Morgan fingerprint density at radius 1 is 0.714 bits per heavy atom. The van der Waals surface area contributed by atoms with E-state index in [1.807, 2.05) is 0 Å². The Balaban J connectivity index is 2.02. The molecule has 0 spiro atoms. The van der Waals surface area contributed by atoms with Gasteiger partial charge in [0.05, 0.1) is 5.54 Å². The Bertz CT molecular complexity index is 418. The molecule has 28 heavy (non-hydrogen) atoms. The molecule has 0 unspecified atom stereocenters. The van der Waals surface area contributed by atoms with Crippen LogP contribution in [0.5, 0.6) is 0 Å². The lowest BCUT2D eigenvalue weighted by Crippen LogP contribution is -2.33. The Labute approximate surface area is 177 Å². The first-order valence-corrected chi connectivity index (χ1v) is 13.2. The van der Waals surface area contributed by atoms with Gasteiger partial charge in [-0.2, -0.15) is 0 Å². The van der Waals surface area contributed by atoms with Crippen molar-refractivity contribution in [3.05, 3.63) is 0 Å². The summed E-state index contributed by atoms with van der Waals surface area (Å²) in [6, 6.07) is 0. The predicted molar refractivity (Wildman–Crippen MR) is 126 cm³/mol. The highest BCUT2D eigenvalue weighted by atomic mass is 14.9. The minimum Gasteiger partial charge on any atom is -0.287 e. The maximum atomic E-state index is 5.66. The van der Waals surface area contributed by atoms with Gasteiger partial charge in [0, 0.05) is 5.71 Å². The van der Waals surface area contributed by atoms with E-state index in [-0.39, 0.29) is 5.54 Å². The van der Waals surface area contributed by atoms with Crippen LogP contribution in [0.1, 0.15) is 143 Å². The number of nitrogens with zero attached hydrogens (tertiary/aromatic N) is 1. The van der Waals surface area contributed by atoms with Crippen LogP contribution in [0.25, 0.3) is 0 Å². The van der Waals surface area contributed by atoms with Gasteiger partial charge in [-0.3, -0.25) is 4.99 Å². The molecule has 2 fully saturated rings. The molecule has 0 radical (unpaired) electrons. The van der Waals surface area contributed by atoms with E-state index in [4.69, 9.17) is 4.99 Å². The fourth-order valence-electron chi connectivity index (χ4n) is 6.15. The van der Waals surface area contributed by atoms with Crippen LogP contribution in [0, 0.1) is 17.8 Å². The zero-order valence-corrected chi connectivity index (χ0v) is 19.9. The molecule has 2 rings (SSSR count). The topological polar surface area (TPSA) is 12.4 Å². The number of rotatable bonds is 12. The average molecular weight is 390 g/mol. The molecule has 2 saturated carbocycles. The van der Waals surface area contributed by atoms with Gasteiger partial charge in [0.25, 0.3) is 0 Å². The van der Waals surface area contributed by atoms with Crippen LogP contribution in [0.3, 0.4) is 0 Å². The van der Waals surface area contributed by atoms with Crippen molar-refractivity contribution >= 4 is 5.71 Å². The number of hydrogen-bond donors (Lipinski definition) is 0. The SMILES string of the molecule is CCCCCCC1CCC(C(=NC(C)(CCC)CCC)C2CCCCC2)CC1.